The summed E-state index contributed by atoms with van der Waals surface area (Å²) in [7, 11) is 2.11. The molecular formula is C15H32N2. The van der Waals surface area contributed by atoms with E-state index in [0.29, 0.717) is 5.41 Å². The molecule has 17 heavy (non-hydrogen) atoms. The Morgan fingerprint density at radius 3 is 2.29 bits per heavy atom. The van der Waals surface area contributed by atoms with Crippen molar-refractivity contribution >= 4 is 0 Å². The number of rotatable bonds is 7. The number of nitrogens with zero attached hydrogens (tertiary/aromatic N) is 1. The van der Waals surface area contributed by atoms with Crippen LogP contribution in [0, 0.1) is 5.41 Å². The van der Waals surface area contributed by atoms with Crippen molar-refractivity contribution < 1.29 is 0 Å². The molecule has 1 aliphatic rings. The first kappa shape index (κ1) is 15.0. The average molecular weight is 240 g/mol. The summed E-state index contributed by atoms with van der Waals surface area (Å²) < 4.78 is 0. The standard InChI is InChI=1S/C15H32N2/c1-5-14(3)17(6-2)13-15(12-16-4)10-8-7-9-11-15/h14,16H,5-13H2,1-4H3. The summed E-state index contributed by atoms with van der Waals surface area (Å²) in [6.45, 7) is 10.7. The van der Waals surface area contributed by atoms with E-state index in [2.05, 4.69) is 38.0 Å². The molecule has 1 N–H and O–H groups in total. The topological polar surface area (TPSA) is 15.3 Å². The third-order valence-electron chi connectivity index (χ3n) is 4.62. The zero-order valence-electron chi connectivity index (χ0n) is 12.4. The van der Waals surface area contributed by atoms with Gasteiger partial charge in [0, 0.05) is 19.1 Å². The van der Waals surface area contributed by atoms with Crippen LogP contribution in [0.2, 0.25) is 0 Å². The fraction of sp³-hybridized carbons (Fsp3) is 1.00. The molecular weight excluding hydrogens is 208 g/mol. The lowest BCUT2D eigenvalue weighted by atomic mass is 9.73. The van der Waals surface area contributed by atoms with Gasteiger partial charge in [0.2, 0.25) is 0 Å². The summed E-state index contributed by atoms with van der Waals surface area (Å²) in [5, 5.41) is 3.44. The molecule has 1 atom stereocenters. The van der Waals surface area contributed by atoms with Crippen molar-refractivity contribution in [2.75, 3.05) is 26.7 Å². The van der Waals surface area contributed by atoms with Crippen molar-refractivity contribution in [2.24, 2.45) is 5.41 Å². The van der Waals surface area contributed by atoms with Crippen LogP contribution in [-0.2, 0) is 0 Å². The van der Waals surface area contributed by atoms with Crippen LogP contribution in [0.15, 0.2) is 0 Å². The molecule has 2 heteroatoms. The second kappa shape index (κ2) is 7.38. The molecule has 0 aromatic rings. The molecule has 0 bridgehead atoms. The fourth-order valence-electron chi connectivity index (χ4n) is 3.34. The monoisotopic (exact) mass is 240 g/mol. The van der Waals surface area contributed by atoms with Crippen LogP contribution in [0.4, 0.5) is 0 Å². The molecule has 1 fully saturated rings. The van der Waals surface area contributed by atoms with E-state index in [0.717, 1.165) is 6.04 Å². The maximum atomic E-state index is 3.44. The summed E-state index contributed by atoms with van der Waals surface area (Å²) in [5.74, 6) is 0. The highest BCUT2D eigenvalue weighted by molar-refractivity contribution is 4.88. The van der Waals surface area contributed by atoms with Gasteiger partial charge in [-0.05, 0) is 45.2 Å². The second-order valence-corrected chi connectivity index (χ2v) is 5.91. The van der Waals surface area contributed by atoms with Crippen molar-refractivity contribution in [3.8, 4) is 0 Å². The van der Waals surface area contributed by atoms with Gasteiger partial charge in [-0.15, -0.1) is 0 Å². The van der Waals surface area contributed by atoms with Crippen molar-refractivity contribution in [3.05, 3.63) is 0 Å². The highest BCUT2D eigenvalue weighted by Gasteiger charge is 2.33. The van der Waals surface area contributed by atoms with Crippen LogP contribution < -0.4 is 5.32 Å². The van der Waals surface area contributed by atoms with Crippen molar-refractivity contribution in [1.29, 1.82) is 0 Å². The largest absolute Gasteiger partial charge is 0.319 e. The Morgan fingerprint density at radius 1 is 1.18 bits per heavy atom. The maximum Gasteiger partial charge on any atom is 0.00644 e. The Hall–Kier alpha value is -0.0800. The van der Waals surface area contributed by atoms with Crippen LogP contribution >= 0.6 is 0 Å². The molecule has 102 valence electrons. The summed E-state index contributed by atoms with van der Waals surface area (Å²) in [5.41, 5.74) is 0.548. The van der Waals surface area contributed by atoms with E-state index in [4.69, 9.17) is 0 Å². The molecule has 2 nitrogen and oxygen atoms in total. The van der Waals surface area contributed by atoms with Gasteiger partial charge in [0.25, 0.3) is 0 Å². The van der Waals surface area contributed by atoms with Gasteiger partial charge in [0.1, 0.15) is 0 Å². The molecule has 0 heterocycles. The van der Waals surface area contributed by atoms with Crippen LogP contribution in [0.25, 0.3) is 0 Å². The SMILES string of the molecule is CCC(C)N(CC)CC1(CNC)CCCCC1. The van der Waals surface area contributed by atoms with Gasteiger partial charge < -0.3 is 10.2 Å². The zero-order chi connectivity index (χ0) is 12.7. The van der Waals surface area contributed by atoms with Crippen LogP contribution in [-0.4, -0.2) is 37.6 Å². The third kappa shape index (κ3) is 4.26. The molecule has 1 saturated carbocycles. The predicted octanol–water partition coefficient (Wildman–Crippen LogP) is 3.28. The number of hydrogen-bond acceptors (Lipinski definition) is 2. The summed E-state index contributed by atoms with van der Waals surface area (Å²) in [6.07, 6.45) is 8.41. The minimum atomic E-state index is 0.548. The summed E-state index contributed by atoms with van der Waals surface area (Å²) in [4.78, 5) is 2.68. The Balaban J connectivity index is 2.63. The lowest BCUT2D eigenvalue weighted by molar-refractivity contribution is 0.0829. The minimum absolute atomic E-state index is 0.548. The first-order valence-electron chi connectivity index (χ1n) is 7.56. The molecule has 0 spiro atoms. The van der Waals surface area contributed by atoms with Gasteiger partial charge in [-0.3, -0.25) is 0 Å². The van der Waals surface area contributed by atoms with E-state index in [-0.39, 0.29) is 0 Å². The van der Waals surface area contributed by atoms with E-state index in [1.54, 1.807) is 0 Å². The predicted molar refractivity (Wildman–Crippen MR) is 76.4 cm³/mol. The molecule has 0 aromatic heterocycles. The Bertz CT molecular complexity index is 192. The Kier molecular flexibility index (Phi) is 6.50. The van der Waals surface area contributed by atoms with Crippen molar-refractivity contribution in [3.63, 3.8) is 0 Å². The van der Waals surface area contributed by atoms with E-state index >= 15 is 0 Å². The molecule has 1 rings (SSSR count). The van der Waals surface area contributed by atoms with E-state index in [9.17, 15) is 0 Å². The van der Waals surface area contributed by atoms with Gasteiger partial charge in [-0.2, -0.15) is 0 Å². The maximum absolute atomic E-state index is 3.44. The molecule has 1 aliphatic carbocycles. The fourth-order valence-corrected chi connectivity index (χ4v) is 3.34. The first-order chi connectivity index (χ1) is 8.17. The highest BCUT2D eigenvalue weighted by atomic mass is 15.2. The van der Waals surface area contributed by atoms with E-state index in [1.165, 1.54) is 58.2 Å². The number of nitrogens with one attached hydrogen (secondary N) is 1. The first-order valence-corrected chi connectivity index (χ1v) is 7.56. The van der Waals surface area contributed by atoms with E-state index in [1.807, 2.05) is 0 Å². The van der Waals surface area contributed by atoms with Gasteiger partial charge in [-0.25, -0.2) is 0 Å². The summed E-state index contributed by atoms with van der Waals surface area (Å²) >= 11 is 0. The van der Waals surface area contributed by atoms with Gasteiger partial charge >= 0.3 is 0 Å². The van der Waals surface area contributed by atoms with Crippen LogP contribution in [0.1, 0.15) is 59.3 Å². The highest BCUT2D eigenvalue weighted by Crippen LogP contribution is 2.37. The lowest BCUT2D eigenvalue weighted by Crippen LogP contribution is -2.47. The van der Waals surface area contributed by atoms with Gasteiger partial charge in [-0.1, -0.05) is 33.1 Å². The van der Waals surface area contributed by atoms with Gasteiger partial charge in [0.15, 0.2) is 0 Å². The van der Waals surface area contributed by atoms with E-state index < -0.39 is 0 Å². The molecule has 0 saturated heterocycles. The van der Waals surface area contributed by atoms with Crippen LogP contribution in [0.5, 0.6) is 0 Å². The smallest absolute Gasteiger partial charge is 0.00644 e. The molecule has 0 radical (unpaired) electrons. The zero-order valence-corrected chi connectivity index (χ0v) is 12.4. The molecule has 1 unspecified atom stereocenters. The second-order valence-electron chi connectivity index (χ2n) is 5.91. The normalized spacial score (nSPS) is 21.7. The summed E-state index contributed by atoms with van der Waals surface area (Å²) in [6, 6.07) is 0.732. The van der Waals surface area contributed by atoms with Gasteiger partial charge in [0.05, 0.1) is 0 Å². The molecule has 0 amide bonds. The quantitative estimate of drug-likeness (QED) is 0.735. The lowest BCUT2D eigenvalue weighted by Gasteiger charge is -2.42. The Labute approximate surface area is 108 Å². The minimum Gasteiger partial charge on any atom is -0.319 e. The van der Waals surface area contributed by atoms with Crippen molar-refractivity contribution in [1.82, 2.24) is 10.2 Å². The van der Waals surface area contributed by atoms with Crippen LogP contribution in [0.3, 0.4) is 0 Å². The number of hydrogen-bond donors (Lipinski definition) is 1. The molecule has 0 aromatic carbocycles. The van der Waals surface area contributed by atoms with Crippen molar-refractivity contribution in [2.45, 2.75) is 65.3 Å². The third-order valence-corrected chi connectivity index (χ3v) is 4.62. The Morgan fingerprint density at radius 2 is 1.82 bits per heavy atom. The average Bonchev–Trinajstić information content (AvgIpc) is 2.36. The molecule has 0 aliphatic heterocycles.